The van der Waals surface area contributed by atoms with Crippen LogP contribution in [0.15, 0.2) is 0 Å². The van der Waals surface area contributed by atoms with Gasteiger partial charge in [0.15, 0.2) is 0 Å². The second-order valence-electron chi connectivity index (χ2n) is 1.70. The second kappa shape index (κ2) is 6.92. The molecule has 0 aromatic carbocycles. The van der Waals surface area contributed by atoms with Gasteiger partial charge in [-0.25, -0.2) is 0 Å². The molecule has 0 spiro atoms. The van der Waals surface area contributed by atoms with Gasteiger partial charge in [-0.2, -0.15) is 0 Å². The molecule has 1 atom stereocenters. The SMILES string of the molecule is CCOCOC(C)NC=S. The van der Waals surface area contributed by atoms with E-state index in [9.17, 15) is 0 Å². The quantitative estimate of drug-likeness (QED) is 0.358. The van der Waals surface area contributed by atoms with E-state index < -0.39 is 0 Å². The van der Waals surface area contributed by atoms with Gasteiger partial charge in [0.2, 0.25) is 0 Å². The number of hydrogen-bond acceptors (Lipinski definition) is 3. The van der Waals surface area contributed by atoms with E-state index >= 15 is 0 Å². The van der Waals surface area contributed by atoms with E-state index in [0.717, 1.165) is 0 Å². The molecular formula is C6H13NO2S. The average molecular weight is 163 g/mol. The van der Waals surface area contributed by atoms with Crippen molar-refractivity contribution in [2.45, 2.75) is 20.1 Å². The Kier molecular flexibility index (Phi) is 6.79. The molecule has 0 aliphatic carbocycles. The summed E-state index contributed by atoms with van der Waals surface area (Å²) in [5.74, 6) is 0. The van der Waals surface area contributed by atoms with Gasteiger partial charge in [-0.05, 0) is 13.8 Å². The van der Waals surface area contributed by atoms with E-state index in [0.29, 0.717) is 13.4 Å². The van der Waals surface area contributed by atoms with E-state index in [1.165, 1.54) is 5.49 Å². The number of ether oxygens (including phenoxy) is 2. The summed E-state index contributed by atoms with van der Waals surface area (Å²) in [6.45, 7) is 4.76. The molecule has 0 amide bonds. The van der Waals surface area contributed by atoms with Crippen LogP contribution in [-0.2, 0) is 9.47 Å². The summed E-state index contributed by atoms with van der Waals surface area (Å²) >= 11 is 4.55. The van der Waals surface area contributed by atoms with Crippen LogP contribution in [0, 0.1) is 0 Å². The molecule has 0 saturated carbocycles. The number of thiocarbonyl (C=S) groups is 1. The normalized spacial score (nSPS) is 12.6. The smallest absolute Gasteiger partial charge is 0.149 e. The zero-order valence-corrected chi connectivity index (χ0v) is 7.11. The van der Waals surface area contributed by atoms with Gasteiger partial charge >= 0.3 is 0 Å². The summed E-state index contributed by atoms with van der Waals surface area (Å²) in [7, 11) is 0. The molecule has 0 saturated heterocycles. The van der Waals surface area contributed by atoms with Gasteiger partial charge in [0.1, 0.15) is 13.0 Å². The molecule has 3 nitrogen and oxygen atoms in total. The van der Waals surface area contributed by atoms with Crippen molar-refractivity contribution < 1.29 is 9.47 Å². The van der Waals surface area contributed by atoms with Crippen LogP contribution < -0.4 is 5.32 Å². The molecule has 0 rings (SSSR count). The molecule has 4 heteroatoms. The van der Waals surface area contributed by atoms with Crippen molar-refractivity contribution in [2.75, 3.05) is 13.4 Å². The van der Waals surface area contributed by atoms with Crippen LogP contribution in [0.25, 0.3) is 0 Å². The minimum absolute atomic E-state index is 0.0657. The molecule has 0 aromatic rings. The first-order valence-electron chi connectivity index (χ1n) is 3.20. The van der Waals surface area contributed by atoms with Crippen molar-refractivity contribution in [1.29, 1.82) is 0 Å². The number of nitrogens with one attached hydrogen (secondary N) is 1. The van der Waals surface area contributed by atoms with Crippen LogP contribution in [0.5, 0.6) is 0 Å². The standard InChI is InChI=1S/C6H13NO2S/c1-3-8-5-9-6(2)7-4-10/h4,6H,3,5H2,1-2H3,(H,7,10). The van der Waals surface area contributed by atoms with Crippen molar-refractivity contribution in [3.63, 3.8) is 0 Å². The maximum absolute atomic E-state index is 5.09. The second-order valence-corrected chi connectivity index (χ2v) is 1.94. The maximum atomic E-state index is 5.09. The monoisotopic (exact) mass is 163 g/mol. The number of hydrogen-bond donors (Lipinski definition) is 1. The molecule has 0 radical (unpaired) electrons. The Balaban J connectivity index is 3.04. The molecule has 1 N–H and O–H groups in total. The Morgan fingerprint density at radius 2 is 2.40 bits per heavy atom. The van der Waals surface area contributed by atoms with Gasteiger partial charge in [0.25, 0.3) is 0 Å². The summed E-state index contributed by atoms with van der Waals surface area (Å²) < 4.78 is 10.0. The molecule has 0 aliphatic heterocycles. The Bertz CT molecular complexity index is 89.8. The van der Waals surface area contributed by atoms with Crippen LogP contribution in [-0.4, -0.2) is 25.1 Å². The first-order chi connectivity index (χ1) is 4.81. The average Bonchev–Trinajstić information content (AvgIpc) is 1.89. The third-order valence-corrected chi connectivity index (χ3v) is 1.04. The predicted molar refractivity (Wildman–Crippen MR) is 43.8 cm³/mol. The van der Waals surface area contributed by atoms with E-state index in [4.69, 9.17) is 9.47 Å². The molecular weight excluding hydrogens is 150 g/mol. The molecule has 1 unspecified atom stereocenters. The van der Waals surface area contributed by atoms with Gasteiger partial charge in [-0.1, -0.05) is 12.2 Å². The summed E-state index contributed by atoms with van der Waals surface area (Å²) in [6.07, 6.45) is -0.0657. The van der Waals surface area contributed by atoms with E-state index in [2.05, 4.69) is 17.5 Å². The van der Waals surface area contributed by atoms with Crippen LogP contribution in [0.1, 0.15) is 13.8 Å². The number of rotatable bonds is 6. The molecule has 0 heterocycles. The molecule has 10 heavy (non-hydrogen) atoms. The fourth-order valence-corrected chi connectivity index (χ4v) is 0.569. The molecule has 60 valence electrons. The lowest BCUT2D eigenvalue weighted by Crippen LogP contribution is -2.27. The van der Waals surface area contributed by atoms with Crippen molar-refractivity contribution in [3.8, 4) is 0 Å². The molecule has 0 aromatic heterocycles. The summed E-state index contributed by atoms with van der Waals surface area (Å²) in [6, 6.07) is 0. The Hall–Kier alpha value is -0.190. The molecule has 0 aliphatic rings. The van der Waals surface area contributed by atoms with Crippen LogP contribution in [0.2, 0.25) is 0 Å². The maximum Gasteiger partial charge on any atom is 0.149 e. The van der Waals surface area contributed by atoms with Gasteiger partial charge < -0.3 is 14.8 Å². The summed E-state index contributed by atoms with van der Waals surface area (Å²) in [5.41, 5.74) is 1.43. The lowest BCUT2D eigenvalue weighted by Gasteiger charge is -2.11. The highest BCUT2D eigenvalue weighted by Gasteiger charge is 1.95. The highest BCUT2D eigenvalue weighted by atomic mass is 32.1. The highest BCUT2D eigenvalue weighted by Crippen LogP contribution is 1.84. The largest absolute Gasteiger partial charge is 0.357 e. The Morgan fingerprint density at radius 1 is 1.70 bits per heavy atom. The fourth-order valence-electron chi connectivity index (χ4n) is 0.377. The lowest BCUT2D eigenvalue weighted by molar-refractivity contribution is -0.0839. The van der Waals surface area contributed by atoms with E-state index in [1.54, 1.807) is 0 Å². The van der Waals surface area contributed by atoms with Crippen LogP contribution in [0.4, 0.5) is 0 Å². The zero-order valence-electron chi connectivity index (χ0n) is 6.29. The highest BCUT2D eigenvalue weighted by molar-refractivity contribution is 7.78. The third-order valence-electron chi connectivity index (χ3n) is 0.908. The van der Waals surface area contributed by atoms with Crippen molar-refractivity contribution >= 4 is 17.7 Å². The summed E-state index contributed by atoms with van der Waals surface area (Å²) in [5, 5.41) is 2.79. The van der Waals surface area contributed by atoms with Crippen LogP contribution >= 0.6 is 12.2 Å². The van der Waals surface area contributed by atoms with E-state index in [-0.39, 0.29) is 6.23 Å². The fraction of sp³-hybridized carbons (Fsp3) is 0.833. The lowest BCUT2D eigenvalue weighted by atomic mass is 10.7. The molecule has 0 fully saturated rings. The van der Waals surface area contributed by atoms with Gasteiger partial charge in [0.05, 0.1) is 5.49 Å². The zero-order chi connectivity index (χ0) is 7.82. The van der Waals surface area contributed by atoms with Crippen molar-refractivity contribution in [2.24, 2.45) is 0 Å². The summed E-state index contributed by atoms with van der Waals surface area (Å²) in [4.78, 5) is 0. The molecule has 0 bridgehead atoms. The van der Waals surface area contributed by atoms with Gasteiger partial charge in [-0.15, -0.1) is 0 Å². The van der Waals surface area contributed by atoms with Crippen molar-refractivity contribution in [1.82, 2.24) is 5.32 Å². The van der Waals surface area contributed by atoms with Crippen LogP contribution in [0.3, 0.4) is 0 Å². The minimum Gasteiger partial charge on any atom is -0.357 e. The third kappa shape index (κ3) is 5.94. The van der Waals surface area contributed by atoms with E-state index in [1.807, 2.05) is 13.8 Å². The first kappa shape index (κ1) is 9.81. The van der Waals surface area contributed by atoms with Crippen molar-refractivity contribution in [3.05, 3.63) is 0 Å². The van der Waals surface area contributed by atoms with Gasteiger partial charge in [0, 0.05) is 6.61 Å². The topological polar surface area (TPSA) is 30.5 Å². The minimum atomic E-state index is -0.0657. The Morgan fingerprint density at radius 3 is 2.90 bits per heavy atom. The first-order valence-corrected chi connectivity index (χ1v) is 3.67. The van der Waals surface area contributed by atoms with Gasteiger partial charge in [-0.3, -0.25) is 0 Å². The Labute approximate surface area is 66.7 Å². The predicted octanol–water partition coefficient (Wildman–Crippen LogP) is 0.890.